The summed E-state index contributed by atoms with van der Waals surface area (Å²) in [6, 6.07) is 0. The second kappa shape index (κ2) is 4.60. The number of rotatable bonds is 3. The Hall–Kier alpha value is -0.120. The fraction of sp³-hybridized carbons (Fsp3) is 1.00. The number of hydrogen-bond acceptors (Lipinski definition) is 3. The van der Waals surface area contributed by atoms with Gasteiger partial charge in [0.1, 0.15) is 0 Å². The highest BCUT2D eigenvalue weighted by Crippen LogP contribution is 2.37. The van der Waals surface area contributed by atoms with E-state index in [2.05, 4.69) is 17.3 Å². The molecule has 2 atom stereocenters. The molecule has 3 heteroatoms. The highest BCUT2D eigenvalue weighted by Gasteiger charge is 2.37. The van der Waals surface area contributed by atoms with E-state index >= 15 is 0 Å². The monoisotopic (exact) mass is 198 g/mol. The normalized spacial score (nSPS) is 32.6. The average Bonchev–Trinajstić information content (AvgIpc) is 2.96. The predicted molar refractivity (Wildman–Crippen MR) is 57.4 cm³/mol. The Labute approximate surface area is 86.8 Å². The number of nitrogens with zero attached hydrogens (tertiary/aromatic N) is 1. The van der Waals surface area contributed by atoms with E-state index < -0.39 is 0 Å². The van der Waals surface area contributed by atoms with Crippen LogP contribution in [0.5, 0.6) is 0 Å². The lowest BCUT2D eigenvalue weighted by molar-refractivity contribution is 0.0280. The molecule has 0 aromatic carbocycles. The lowest BCUT2D eigenvalue weighted by atomic mass is 9.98. The molecule has 3 nitrogen and oxygen atoms in total. The van der Waals surface area contributed by atoms with Crippen molar-refractivity contribution in [3.63, 3.8) is 0 Å². The van der Waals surface area contributed by atoms with Crippen LogP contribution in [-0.2, 0) is 4.74 Å². The first-order chi connectivity index (χ1) is 6.81. The van der Waals surface area contributed by atoms with Gasteiger partial charge in [-0.05, 0) is 25.8 Å². The van der Waals surface area contributed by atoms with Crippen molar-refractivity contribution in [3.8, 4) is 0 Å². The van der Waals surface area contributed by atoms with E-state index in [0.29, 0.717) is 12.0 Å². The maximum Gasteiger partial charge on any atom is 0.0652 e. The summed E-state index contributed by atoms with van der Waals surface area (Å²) in [4.78, 5) is 2.42. The van der Waals surface area contributed by atoms with Gasteiger partial charge in [0.05, 0.1) is 6.10 Å². The van der Waals surface area contributed by atoms with Crippen molar-refractivity contribution in [2.45, 2.75) is 18.9 Å². The molecular weight excluding hydrogens is 176 g/mol. The zero-order valence-corrected chi connectivity index (χ0v) is 9.33. The van der Waals surface area contributed by atoms with Gasteiger partial charge in [0.15, 0.2) is 0 Å². The summed E-state index contributed by atoms with van der Waals surface area (Å²) >= 11 is 0. The van der Waals surface area contributed by atoms with Crippen molar-refractivity contribution in [1.82, 2.24) is 10.2 Å². The van der Waals surface area contributed by atoms with Crippen LogP contribution in [0, 0.1) is 11.8 Å². The number of likely N-dealkylation sites (N-methyl/N-ethyl adjacent to an activating group) is 1. The van der Waals surface area contributed by atoms with Crippen LogP contribution in [-0.4, -0.2) is 51.3 Å². The van der Waals surface area contributed by atoms with Crippen molar-refractivity contribution in [3.05, 3.63) is 0 Å². The quantitative estimate of drug-likeness (QED) is 0.717. The van der Waals surface area contributed by atoms with Gasteiger partial charge in [0, 0.05) is 39.2 Å². The first kappa shape index (κ1) is 10.4. The first-order valence-electron chi connectivity index (χ1n) is 5.73. The number of nitrogens with one attached hydrogen (secondary N) is 1. The second-order valence-corrected chi connectivity index (χ2v) is 4.76. The molecular formula is C11H22N2O. The Balaban J connectivity index is 1.91. The third-order valence-electron chi connectivity index (χ3n) is 3.45. The summed E-state index contributed by atoms with van der Waals surface area (Å²) in [5, 5.41) is 3.50. The molecule has 0 bridgehead atoms. The van der Waals surface area contributed by atoms with Crippen molar-refractivity contribution >= 4 is 0 Å². The van der Waals surface area contributed by atoms with Crippen LogP contribution in [0.2, 0.25) is 0 Å². The molecule has 0 aromatic rings. The summed E-state index contributed by atoms with van der Waals surface area (Å²) in [5.74, 6) is 1.53. The van der Waals surface area contributed by atoms with Gasteiger partial charge in [-0.2, -0.15) is 0 Å². The van der Waals surface area contributed by atoms with Gasteiger partial charge in [-0.15, -0.1) is 0 Å². The maximum atomic E-state index is 5.65. The van der Waals surface area contributed by atoms with Crippen LogP contribution in [0.15, 0.2) is 0 Å². The topological polar surface area (TPSA) is 24.5 Å². The summed E-state index contributed by atoms with van der Waals surface area (Å²) in [7, 11) is 4.08. The lowest BCUT2D eigenvalue weighted by Gasteiger charge is -2.27. The highest BCUT2D eigenvalue weighted by atomic mass is 16.5. The van der Waals surface area contributed by atoms with Crippen LogP contribution in [0.4, 0.5) is 0 Å². The first-order valence-corrected chi connectivity index (χ1v) is 5.73. The largest absolute Gasteiger partial charge is 0.381 e. The van der Waals surface area contributed by atoms with Gasteiger partial charge >= 0.3 is 0 Å². The highest BCUT2D eigenvalue weighted by molar-refractivity contribution is 4.89. The Morgan fingerprint density at radius 3 is 2.79 bits per heavy atom. The van der Waals surface area contributed by atoms with Crippen molar-refractivity contribution in [2.24, 2.45) is 11.8 Å². The Morgan fingerprint density at radius 1 is 1.36 bits per heavy atom. The lowest BCUT2D eigenvalue weighted by Crippen LogP contribution is -2.37. The molecule has 1 saturated heterocycles. The molecule has 0 amide bonds. The van der Waals surface area contributed by atoms with E-state index in [-0.39, 0.29) is 0 Å². The molecule has 0 unspecified atom stereocenters. The summed E-state index contributed by atoms with van der Waals surface area (Å²) < 4.78 is 5.65. The molecule has 1 N–H and O–H groups in total. The van der Waals surface area contributed by atoms with Crippen molar-refractivity contribution < 1.29 is 4.74 Å². The third-order valence-corrected chi connectivity index (χ3v) is 3.45. The van der Waals surface area contributed by atoms with E-state index in [4.69, 9.17) is 4.74 Å². The summed E-state index contributed by atoms with van der Waals surface area (Å²) in [6.45, 7) is 4.59. The van der Waals surface area contributed by atoms with Crippen LogP contribution < -0.4 is 5.32 Å². The minimum absolute atomic E-state index is 0.489. The second-order valence-electron chi connectivity index (χ2n) is 4.76. The van der Waals surface area contributed by atoms with E-state index in [1.807, 2.05) is 7.11 Å². The molecule has 14 heavy (non-hydrogen) atoms. The van der Waals surface area contributed by atoms with Gasteiger partial charge in [-0.25, -0.2) is 0 Å². The minimum Gasteiger partial charge on any atom is -0.381 e. The maximum absolute atomic E-state index is 5.65. The fourth-order valence-electron chi connectivity index (χ4n) is 2.53. The SMILES string of the molecule is CO[C@@H](C1CC1)[C@@H]1CNCCN(C)C1. The van der Waals surface area contributed by atoms with E-state index in [9.17, 15) is 0 Å². The molecule has 1 heterocycles. The zero-order valence-electron chi connectivity index (χ0n) is 9.33. The van der Waals surface area contributed by atoms with Crippen LogP contribution in [0.3, 0.4) is 0 Å². The molecule has 0 aromatic heterocycles. The molecule has 82 valence electrons. The van der Waals surface area contributed by atoms with E-state index in [1.54, 1.807) is 0 Å². The van der Waals surface area contributed by atoms with E-state index in [1.165, 1.54) is 19.4 Å². The molecule has 0 spiro atoms. The van der Waals surface area contributed by atoms with Crippen LogP contribution >= 0.6 is 0 Å². The molecule has 2 fully saturated rings. The minimum atomic E-state index is 0.489. The van der Waals surface area contributed by atoms with Gasteiger partial charge in [-0.1, -0.05) is 0 Å². The molecule has 1 saturated carbocycles. The number of ether oxygens (including phenoxy) is 1. The average molecular weight is 198 g/mol. The Kier molecular flexibility index (Phi) is 3.42. The van der Waals surface area contributed by atoms with Crippen LogP contribution in [0.1, 0.15) is 12.8 Å². The standard InChI is InChI=1S/C11H22N2O/c1-13-6-5-12-7-10(8-13)11(14-2)9-3-4-9/h9-12H,3-8H2,1-2H3/t10-,11+/m1/s1. The van der Waals surface area contributed by atoms with Gasteiger partial charge < -0.3 is 15.0 Å². The molecule has 1 aliphatic heterocycles. The summed E-state index contributed by atoms with van der Waals surface area (Å²) in [5.41, 5.74) is 0. The smallest absolute Gasteiger partial charge is 0.0652 e. The van der Waals surface area contributed by atoms with Gasteiger partial charge in [0.2, 0.25) is 0 Å². The number of methoxy groups -OCH3 is 1. The number of hydrogen-bond donors (Lipinski definition) is 1. The Morgan fingerprint density at radius 2 is 2.14 bits per heavy atom. The molecule has 2 rings (SSSR count). The van der Waals surface area contributed by atoms with Gasteiger partial charge in [0.25, 0.3) is 0 Å². The summed E-state index contributed by atoms with van der Waals surface area (Å²) in [6.07, 6.45) is 3.24. The zero-order chi connectivity index (χ0) is 9.97. The molecule has 2 aliphatic rings. The molecule has 1 aliphatic carbocycles. The van der Waals surface area contributed by atoms with Crippen molar-refractivity contribution in [1.29, 1.82) is 0 Å². The molecule has 0 radical (unpaired) electrons. The van der Waals surface area contributed by atoms with Crippen molar-refractivity contribution in [2.75, 3.05) is 40.3 Å². The van der Waals surface area contributed by atoms with Gasteiger partial charge in [-0.3, -0.25) is 0 Å². The Bertz CT molecular complexity index is 182. The van der Waals surface area contributed by atoms with Crippen LogP contribution in [0.25, 0.3) is 0 Å². The third kappa shape index (κ3) is 2.47. The van der Waals surface area contributed by atoms with E-state index in [0.717, 1.165) is 25.6 Å². The predicted octanol–water partition coefficient (Wildman–Crippen LogP) is 0.563. The fourth-order valence-corrected chi connectivity index (χ4v) is 2.53.